The standard InChI is InChI=1S/C14H17N3O6/c1-3-14(12(19)16(6-7-18)13(20)15-14)9-4-5-11(23-2)10(8-9)17(21)22/h4-5,8,18H,3,6-7H2,1-2H3,(H,15,20). The lowest BCUT2D eigenvalue weighted by atomic mass is 9.86. The molecule has 1 aromatic rings. The van der Waals surface area contributed by atoms with Crippen LogP contribution in [0.4, 0.5) is 10.5 Å². The molecule has 9 nitrogen and oxygen atoms in total. The number of hydrogen-bond donors (Lipinski definition) is 2. The first-order valence-corrected chi connectivity index (χ1v) is 6.99. The number of carbonyl (C=O) groups is 2. The smallest absolute Gasteiger partial charge is 0.325 e. The van der Waals surface area contributed by atoms with Crippen LogP contribution in [-0.2, 0) is 10.3 Å². The number of hydrogen-bond acceptors (Lipinski definition) is 6. The molecule has 1 aromatic carbocycles. The highest BCUT2D eigenvalue weighted by Gasteiger charge is 2.51. The Morgan fingerprint density at radius 1 is 1.43 bits per heavy atom. The van der Waals surface area contributed by atoms with Crippen molar-refractivity contribution >= 4 is 17.6 Å². The van der Waals surface area contributed by atoms with Crippen LogP contribution in [0.1, 0.15) is 18.9 Å². The minimum atomic E-state index is -1.39. The number of nitrogens with zero attached hydrogens (tertiary/aromatic N) is 2. The van der Waals surface area contributed by atoms with Gasteiger partial charge in [-0.1, -0.05) is 13.0 Å². The van der Waals surface area contributed by atoms with E-state index >= 15 is 0 Å². The van der Waals surface area contributed by atoms with E-state index in [0.717, 1.165) is 4.90 Å². The third-order valence-electron chi connectivity index (χ3n) is 3.90. The topological polar surface area (TPSA) is 122 Å². The molecule has 1 aliphatic rings. The first-order chi connectivity index (χ1) is 10.9. The first kappa shape index (κ1) is 16.7. The third-order valence-corrected chi connectivity index (χ3v) is 3.90. The molecular weight excluding hydrogens is 306 g/mol. The monoisotopic (exact) mass is 323 g/mol. The Bertz CT molecular complexity index is 662. The Hall–Kier alpha value is -2.68. The van der Waals surface area contributed by atoms with E-state index < -0.39 is 22.4 Å². The molecule has 3 amide bonds. The van der Waals surface area contributed by atoms with E-state index in [0.29, 0.717) is 5.56 Å². The van der Waals surface area contributed by atoms with E-state index in [1.807, 2.05) is 0 Å². The van der Waals surface area contributed by atoms with Crippen molar-refractivity contribution in [2.45, 2.75) is 18.9 Å². The number of carbonyl (C=O) groups excluding carboxylic acids is 2. The van der Waals surface area contributed by atoms with Crippen molar-refractivity contribution in [3.8, 4) is 5.75 Å². The first-order valence-electron chi connectivity index (χ1n) is 6.99. The zero-order valence-electron chi connectivity index (χ0n) is 12.7. The average molecular weight is 323 g/mol. The summed E-state index contributed by atoms with van der Waals surface area (Å²) in [6.45, 7) is 1.20. The summed E-state index contributed by atoms with van der Waals surface area (Å²) < 4.78 is 4.94. The van der Waals surface area contributed by atoms with E-state index in [-0.39, 0.29) is 31.0 Å². The average Bonchev–Trinajstić information content (AvgIpc) is 2.79. The maximum atomic E-state index is 12.6. The van der Waals surface area contributed by atoms with Crippen molar-refractivity contribution in [2.24, 2.45) is 0 Å². The molecule has 2 rings (SSSR count). The van der Waals surface area contributed by atoms with Crippen molar-refractivity contribution in [3.05, 3.63) is 33.9 Å². The normalized spacial score (nSPS) is 20.6. The van der Waals surface area contributed by atoms with E-state index in [4.69, 9.17) is 9.84 Å². The zero-order chi connectivity index (χ0) is 17.2. The highest BCUT2D eigenvalue weighted by atomic mass is 16.6. The van der Waals surface area contributed by atoms with Gasteiger partial charge in [-0.25, -0.2) is 4.79 Å². The summed E-state index contributed by atoms with van der Waals surface area (Å²) in [6, 6.07) is 3.49. The maximum absolute atomic E-state index is 12.6. The Kier molecular flexibility index (Phi) is 4.50. The quantitative estimate of drug-likeness (QED) is 0.452. The minimum absolute atomic E-state index is 0.0639. The Morgan fingerprint density at radius 2 is 2.13 bits per heavy atom. The van der Waals surface area contributed by atoms with Gasteiger partial charge in [-0.15, -0.1) is 0 Å². The van der Waals surface area contributed by atoms with Crippen LogP contribution in [0.25, 0.3) is 0 Å². The highest BCUT2D eigenvalue weighted by molar-refractivity contribution is 6.07. The lowest BCUT2D eigenvalue weighted by Gasteiger charge is -2.25. The number of imide groups is 1. The third kappa shape index (κ3) is 2.59. The molecule has 1 atom stereocenters. The molecule has 0 spiro atoms. The summed E-state index contributed by atoms with van der Waals surface area (Å²) in [5, 5.41) is 22.7. The fourth-order valence-electron chi connectivity index (χ4n) is 2.67. The van der Waals surface area contributed by atoms with Gasteiger partial charge in [-0.3, -0.25) is 19.8 Å². The summed E-state index contributed by atoms with van der Waals surface area (Å²) in [7, 11) is 1.31. The fraction of sp³-hybridized carbons (Fsp3) is 0.429. The molecule has 2 N–H and O–H groups in total. The molecule has 0 aromatic heterocycles. The van der Waals surface area contributed by atoms with Gasteiger partial charge in [0.15, 0.2) is 5.75 Å². The molecule has 0 saturated carbocycles. The van der Waals surface area contributed by atoms with Crippen LogP contribution in [0.3, 0.4) is 0 Å². The van der Waals surface area contributed by atoms with E-state index in [2.05, 4.69) is 5.32 Å². The Labute approximate surface area is 132 Å². The molecule has 9 heteroatoms. The second kappa shape index (κ2) is 6.21. The summed E-state index contributed by atoms with van der Waals surface area (Å²) in [5.41, 5.74) is -1.38. The number of ether oxygens (including phenoxy) is 1. The molecule has 1 heterocycles. The van der Waals surface area contributed by atoms with Gasteiger partial charge in [0.2, 0.25) is 0 Å². The number of methoxy groups -OCH3 is 1. The van der Waals surface area contributed by atoms with Crippen LogP contribution in [0.5, 0.6) is 5.75 Å². The van der Waals surface area contributed by atoms with Gasteiger partial charge in [0.25, 0.3) is 5.91 Å². The van der Waals surface area contributed by atoms with Crippen LogP contribution >= 0.6 is 0 Å². The van der Waals surface area contributed by atoms with Crippen LogP contribution in [0, 0.1) is 10.1 Å². The predicted molar refractivity (Wildman–Crippen MR) is 78.9 cm³/mol. The number of aliphatic hydroxyl groups excluding tert-OH is 1. The van der Waals surface area contributed by atoms with Gasteiger partial charge in [-0.2, -0.15) is 0 Å². The fourth-order valence-corrected chi connectivity index (χ4v) is 2.67. The van der Waals surface area contributed by atoms with Crippen molar-refractivity contribution in [2.75, 3.05) is 20.3 Å². The summed E-state index contributed by atoms with van der Waals surface area (Å²) in [6.07, 6.45) is 0.211. The molecule has 1 fully saturated rings. The van der Waals surface area contributed by atoms with Crippen molar-refractivity contribution in [1.82, 2.24) is 10.2 Å². The van der Waals surface area contributed by atoms with Crippen LogP contribution in [0.15, 0.2) is 18.2 Å². The van der Waals surface area contributed by atoms with Crippen molar-refractivity contribution in [1.29, 1.82) is 0 Å². The molecule has 1 saturated heterocycles. The Balaban J connectivity index is 2.54. The molecule has 1 unspecified atom stereocenters. The van der Waals surface area contributed by atoms with E-state index in [9.17, 15) is 19.7 Å². The van der Waals surface area contributed by atoms with Crippen LogP contribution in [0.2, 0.25) is 0 Å². The summed E-state index contributed by atoms with van der Waals surface area (Å²) >= 11 is 0. The number of aliphatic hydroxyl groups is 1. The lowest BCUT2D eigenvalue weighted by molar-refractivity contribution is -0.385. The SMILES string of the molecule is CCC1(c2ccc(OC)c([N+](=O)[O-])c2)NC(=O)N(CCO)C1=O. The lowest BCUT2D eigenvalue weighted by Crippen LogP contribution is -2.43. The number of urea groups is 1. The molecule has 124 valence electrons. The number of nitrogens with one attached hydrogen (secondary N) is 1. The van der Waals surface area contributed by atoms with Gasteiger partial charge >= 0.3 is 11.7 Å². The van der Waals surface area contributed by atoms with E-state index in [1.165, 1.54) is 25.3 Å². The minimum Gasteiger partial charge on any atom is -0.490 e. The molecule has 0 radical (unpaired) electrons. The van der Waals surface area contributed by atoms with Gasteiger partial charge in [0, 0.05) is 6.07 Å². The van der Waals surface area contributed by atoms with Crippen LogP contribution in [-0.4, -0.2) is 47.1 Å². The molecular formula is C14H17N3O6. The molecule has 0 bridgehead atoms. The highest BCUT2D eigenvalue weighted by Crippen LogP contribution is 2.37. The van der Waals surface area contributed by atoms with Gasteiger partial charge in [-0.05, 0) is 18.1 Å². The van der Waals surface area contributed by atoms with Gasteiger partial charge in [0.1, 0.15) is 5.54 Å². The Morgan fingerprint density at radius 3 is 2.65 bits per heavy atom. The number of benzene rings is 1. The van der Waals surface area contributed by atoms with Gasteiger partial charge < -0.3 is 15.2 Å². The largest absolute Gasteiger partial charge is 0.490 e. The molecule has 1 aliphatic heterocycles. The second-order valence-electron chi connectivity index (χ2n) is 5.01. The number of rotatable bonds is 6. The zero-order valence-corrected chi connectivity index (χ0v) is 12.7. The predicted octanol–water partition coefficient (Wildman–Crippen LogP) is 0.753. The summed E-state index contributed by atoms with van der Waals surface area (Å²) in [5.74, 6) is -0.479. The van der Waals surface area contributed by atoms with Crippen LogP contribution < -0.4 is 10.1 Å². The summed E-state index contributed by atoms with van der Waals surface area (Å²) in [4.78, 5) is 36.1. The van der Waals surface area contributed by atoms with E-state index in [1.54, 1.807) is 6.92 Å². The van der Waals surface area contributed by atoms with Gasteiger partial charge in [0.05, 0.1) is 25.2 Å². The molecule has 23 heavy (non-hydrogen) atoms. The number of amides is 3. The maximum Gasteiger partial charge on any atom is 0.325 e. The number of β-amino-alcohol motifs (C(OH)–C–C–N with tert-alkyl or cyclic N) is 1. The molecule has 0 aliphatic carbocycles. The second-order valence-corrected chi connectivity index (χ2v) is 5.01. The number of nitro benzene ring substituents is 1. The number of nitro groups is 1. The van der Waals surface area contributed by atoms with Crippen molar-refractivity contribution in [3.63, 3.8) is 0 Å². The van der Waals surface area contributed by atoms with Crippen molar-refractivity contribution < 1.29 is 24.4 Å².